The fourth-order valence-electron chi connectivity index (χ4n) is 3.19. The first-order chi connectivity index (χ1) is 9.97. The van der Waals surface area contributed by atoms with Gasteiger partial charge in [-0.15, -0.1) is 0 Å². The van der Waals surface area contributed by atoms with Crippen molar-refractivity contribution in [1.82, 2.24) is 5.32 Å². The summed E-state index contributed by atoms with van der Waals surface area (Å²) in [5.74, 6) is 0.781. The highest BCUT2D eigenvalue weighted by Gasteiger charge is 2.31. The number of nitrogens with one attached hydrogen (secondary N) is 1. The topological polar surface area (TPSA) is 32.3 Å². The van der Waals surface area contributed by atoms with Crippen molar-refractivity contribution < 1.29 is 5.11 Å². The fraction of sp³-hybridized carbons (Fsp3) is 0.684. The second-order valence-corrected chi connectivity index (χ2v) is 7.22. The maximum atomic E-state index is 10.6. The molecule has 0 aliphatic heterocycles. The SMILES string of the molecule is Cc1cccc(CCC(C)NCC2(O)CCC(C)CC2)c1. The first-order valence-corrected chi connectivity index (χ1v) is 8.48. The maximum absolute atomic E-state index is 10.6. The summed E-state index contributed by atoms with van der Waals surface area (Å²) >= 11 is 0. The molecule has 0 amide bonds. The number of aliphatic hydroxyl groups is 1. The zero-order valence-electron chi connectivity index (χ0n) is 13.9. The van der Waals surface area contributed by atoms with Gasteiger partial charge in [0.05, 0.1) is 5.60 Å². The predicted octanol–water partition coefficient (Wildman–Crippen LogP) is 3.85. The van der Waals surface area contributed by atoms with Gasteiger partial charge in [0.25, 0.3) is 0 Å². The van der Waals surface area contributed by atoms with Crippen molar-refractivity contribution in [3.63, 3.8) is 0 Å². The van der Waals surface area contributed by atoms with Crippen LogP contribution in [0.3, 0.4) is 0 Å². The van der Waals surface area contributed by atoms with E-state index in [9.17, 15) is 5.11 Å². The highest BCUT2D eigenvalue weighted by molar-refractivity contribution is 5.22. The van der Waals surface area contributed by atoms with Crippen LogP contribution >= 0.6 is 0 Å². The fourth-order valence-corrected chi connectivity index (χ4v) is 3.19. The summed E-state index contributed by atoms with van der Waals surface area (Å²) in [6.07, 6.45) is 6.45. The number of hydrogen-bond donors (Lipinski definition) is 2. The molecule has 21 heavy (non-hydrogen) atoms. The van der Waals surface area contributed by atoms with Crippen LogP contribution in [0.15, 0.2) is 24.3 Å². The maximum Gasteiger partial charge on any atom is 0.0771 e. The van der Waals surface area contributed by atoms with E-state index in [4.69, 9.17) is 0 Å². The van der Waals surface area contributed by atoms with Gasteiger partial charge >= 0.3 is 0 Å². The van der Waals surface area contributed by atoms with Crippen LogP contribution in [0.2, 0.25) is 0 Å². The summed E-state index contributed by atoms with van der Waals surface area (Å²) in [6.45, 7) is 7.40. The van der Waals surface area contributed by atoms with Crippen molar-refractivity contribution in [2.75, 3.05) is 6.54 Å². The van der Waals surface area contributed by atoms with Crippen LogP contribution in [-0.4, -0.2) is 23.3 Å². The molecule has 0 heterocycles. The van der Waals surface area contributed by atoms with Gasteiger partial charge in [0, 0.05) is 12.6 Å². The molecule has 2 nitrogen and oxygen atoms in total. The first-order valence-electron chi connectivity index (χ1n) is 8.48. The van der Waals surface area contributed by atoms with Crippen LogP contribution in [0.5, 0.6) is 0 Å². The molecule has 0 radical (unpaired) electrons. The Morgan fingerprint density at radius 1 is 1.33 bits per heavy atom. The van der Waals surface area contributed by atoms with Crippen molar-refractivity contribution in [3.8, 4) is 0 Å². The zero-order valence-corrected chi connectivity index (χ0v) is 13.9. The normalized spacial score (nSPS) is 27.5. The Balaban J connectivity index is 1.71. The lowest BCUT2D eigenvalue weighted by atomic mass is 9.79. The molecular formula is C19H31NO. The second-order valence-electron chi connectivity index (χ2n) is 7.22. The lowest BCUT2D eigenvalue weighted by Crippen LogP contribution is -2.45. The Bertz CT molecular complexity index is 435. The summed E-state index contributed by atoms with van der Waals surface area (Å²) in [5, 5.41) is 14.1. The van der Waals surface area contributed by atoms with Gasteiger partial charge in [-0.25, -0.2) is 0 Å². The Hall–Kier alpha value is -0.860. The average Bonchev–Trinajstić information content (AvgIpc) is 2.47. The van der Waals surface area contributed by atoms with Gasteiger partial charge in [0.1, 0.15) is 0 Å². The van der Waals surface area contributed by atoms with Crippen LogP contribution in [0.25, 0.3) is 0 Å². The molecule has 1 saturated carbocycles. The molecule has 1 aliphatic carbocycles. The second kappa shape index (κ2) is 7.42. The standard InChI is InChI=1S/C19H31NO/c1-15-9-11-19(21,12-10-15)14-20-17(3)7-8-18-6-4-5-16(2)13-18/h4-6,13,15,17,20-21H,7-12,14H2,1-3H3. The summed E-state index contributed by atoms with van der Waals surface area (Å²) in [7, 11) is 0. The molecule has 1 aromatic rings. The molecule has 0 spiro atoms. The number of benzene rings is 1. The van der Waals surface area contributed by atoms with Gasteiger partial charge in [-0.1, -0.05) is 36.8 Å². The van der Waals surface area contributed by atoms with Crippen molar-refractivity contribution in [3.05, 3.63) is 35.4 Å². The molecule has 118 valence electrons. The number of hydrogen-bond acceptors (Lipinski definition) is 2. The molecule has 0 saturated heterocycles. The molecule has 0 bridgehead atoms. The Kier molecular flexibility index (Phi) is 5.83. The zero-order chi connectivity index (χ0) is 15.3. The van der Waals surface area contributed by atoms with E-state index < -0.39 is 5.60 Å². The summed E-state index contributed by atoms with van der Waals surface area (Å²) in [6, 6.07) is 9.20. The molecule has 1 fully saturated rings. The molecule has 1 aliphatic rings. The molecule has 2 rings (SSSR count). The molecule has 0 aromatic heterocycles. The third-order valence-electron chi connectivity index (χ3n) is 4.93. The van der Waals surface area contributed by atoms with Gasteiger partial charge in [-0.3, -0.25) is 0 Å². The molecule has 1 atom stereocenters. The van der Waals surface area contributed by atoms with E-state index in [0.29, 0.717) is 6.04 Å². The quantitative estimate of drug-likeness (QED) is 0.834. The molecule has 2 heteroatoms. The molecular weight excluding hydrogens is 258 g/mol. The van der Waals surface area contributed by atoms with Gasteiger partial charge in [0.2, 0.25) is 0 Å². The Morgan fingerprint density at radius 2 is 2.05 bits per heavy atom. The summed E-state index contributed by atoms with van der Waals surface area (Å²) in [5.41, 5.74) is 2.27. The van der Waals surface area contributed by atoms with Crippen LogP contribution in [0, 0.1) is 12.8 Å². The lowest BCUT2D eigenvalue weighted by Gasteiger charge is -2.36. The highest BCUT2D eigenvalue weighted by Crippen LogP contribution is 2.31. The lowest BCUT2D eigenvalue weighted by molar-refractivity contribution is -0.00793. The van der Waals surface area contributed by atoms with Crippen LogP contribution < -0.4 is 5.32 Å². The van der Waals surface area contributed by atoms with Crippen LogP contribution in [0.4, 0.5) is 0 Å². The Morgan fingerprint density at radius 3 is 2.71 bits per heavy atom. The number of rotatable bonds is 6. The van der Waals surface area contributed by atoms with Gasteiger partial charge in [0.15, 0.2) is 0 Å². The van der Waals surface area contributed by atoms with E-state index in [1.54, 1.807) is 0 Å². The van der Waals surface area contributed by atoms with Gasteiger partial charge < -0.3 is 10.4 Å². The van der Waals surface area contributed by atoms with E-state index >= 15 is 0 Å². The predicted molar refractivity (Wildman–Crippen MR) is 89.5 cm³/mol. The molecule has 1 aromatic carbocycles. The van der Waals surface area contributed by atoms with Gasteiger partial charge in [-0.2, -0.15) is 0 Å². The van der Waals surface area contributed by atoms with E-state index in [2.05, 4.69) is 50.4 Å². The summed E-state index contributed by atoms with van der Waals surface area (Å²) < 4.78 is 0. The van der Waals surface area contributed by atoms with E-state index in [0.717, 1.165) is 51.0 Å². The minimum Gasteiger partial charge on any atom is -0.389 e. The van der Waals surface area contributed by atoms with E-state index in [-0.39, 0.29) is 0 Å². The van der Waals surface area contributed by atoms with E-state index in [1.165, 1.54) is 11.1 Å². The number of aryl methyl sites for hydroxylation is 2. The smallest absolute Gasteiger partial charge is 0.0771 e. The van der Waals surface area contributed by atoms with E-state index in [1.807, 2.05) is 0 Å². The third-order valence-corrected chi connectivity index (χ3v) is 4.93. The van der Waals surface area contributed by atoms with Crippen molar-refractivity contribution >= 4 is 0 Å². The van der Waals surface area contributed by atoms with Crippen molar-refractivity contribution in [2.45, 2.75) is 70.9 Å². The minimum absolute atomic E-state index is 0.453. The highest BCUT2D eigenvalue weighted by atomic mass is 16.3. The monoisotopic (exact) mass is 289 g/mol. The summed E-state index contributed by atoms with van der Waals surface area (Å²) in [4.78, 5) is 0. The Labute approximate surface area is 130 Å². The van der Waals surface area contributed by atoms with Gasteiger partial charge in [-0.05, 0) is 63.9 Å². The minimum atomic E-state index is -0.468. The van der Waals surface area contributed by atoms with Crippen LogP contribution in [0.1, 0.15) is 57.1 Å². The van der Waals surface area contributed by atoms with Crippen molar-refractivity contribution in [1.29, 1.82) is 0 Å². The third kappa shape index (κ3) is 5.44. The largest absolute Gasteiger partial charge is 0.389 e. The van der Waals surface area contributed by atoms with Crippen LogP contribution in [-0.2, 0) is 6.42 Å². The molecule has 2 N–H and O–H groups in total. The average molecular weight is 289 g/mol. The molecule has 1 unspecified atom stereocenters. The van der Waals surface area contributed by atoms with Crippen molar-refractivity contribution in [2.24, 2.45) is 5.92 Å². The first kappa shape index (κ1) is 16.5.